The monoisotopic (exact) mass is 372 g/mol. The molecule has 2 aliphatic carbocycles. The van der Waals surface area contributed by atoms with E-state index >= 15 is 0 Å². The zero-order chi connectivity index (χ0) is 19.1. The van der Waals surface area contributed by atoms with Crippen LogP contribution in [-0.4, -0.2) is 11.1 Å². The van der Waals surface area contributed by atoms with E-state index in [4.69, 9.17) is 5.11 Å². The molecule has 1 aromatic carbocycles. The summed E-state index contributed by atoms with van der Waals surface area (Å²) in [4.78, 5) is 10.6. The Kier molecular flexibility index (Phi) is 7.49. The van der Waals surface area contributed by atoms with Gasteiger partial charge in [0.1, 0.15) is 5.82 Å². The molecule has 2 nitrogen and oxygen atoms in total. The average Bonchev–Trinajstić information content (AvgIpc) is 2.68. The maximum absolute atomic E-state index is 13.0. The van der Waals surface area contributed by atoms with E-state index in [0.717, 1.165) is 30.6 Å². The summed E-state index contributed by atoms with van der Waals surface area (Å²) in [5, 5.41) is 8.69. The third-order valence-electron chi connectivity index (χ3n) is 6.93. The van der Waals surface area contributed by atoms with Gasteiger partial charge in [0, 0.05) is 6.08 Å². The summed E-state index contributed by atoms with van der Waals surface area (Å²) in [7, 11) is 0. The molecule has 0 heterocycles. The first-order valence-corrected chi connectivity index (χ1v) is 10.7. The number of halogens is 1. The first-order chi connectivity index (χ1) is 13.1. The van der Waals surface area contributed by atoms with Crippen LogP contribution < -0.4 is 0 Å². The highest BCUT2D eigenvalue weighted by Crippen LogP contribution is 2.42. The van der Waals surface area contributed by atoms with Gasteiger partial charge in [0.25, 0.3) is 0 Å². The molecule has 0 radical (unpaired) electrons. The second-order valence-electron chi connectivity index (χ2n) is 8.70. The fourth-order valence-electron chi connectivity index (χ4n) is 5.23. The van der Waals surface area contributed by atoms with Crippen LogP contribution >= 0.6 is 0 Å². The molecule has 148 valence electrons. The molecule has 2 fully saturated rings. The number of allylic oxidation sites excluding steroid dienone is 1. The lowest BCUT2D eigenvalue weighted by atomic mass is 9.68. The Labute approximate surface area is 162 Å². The maximum Gasteiger partial charge on any atom is 0.327 e. The van der Waals surface area contributed by atoms with Crippen molar-refractivity contribution < 1.29 is 14.3 Å². The smallest absolute Gasteiger partial charge is 0.327 e. The maximum atomic E-state index is 13.0. The van der Waals surface area contributed by atoms with Gasteiger partial charge in [0.15, 0.2) is 0 Å². The van der Waals surface area contributed by atoms with Gasteiger partial charge in [-0.3, -0.25) is 0 Å². The van der Waals surface area contributed by atoms with Gasteiger partial charge >= 0.3 is 5.97 Å². The van der Waals surface area contributed by atoms with Crippen molar-refractivity contribution in [3.05, 3.63) is 47.8 Å². The summed E-state index contributed by atoms with van der Waals surface area (Å²) in [5.41, 5.74) is 1.26. The van der Waals surface area contributed by atoms with Gasteiger partial charge in [-0.15, -0.1) is 0 Å². The highest BCUT2D eigenvalue weighted by atomic mass is 19.1. The largest absolute Gasteiger partial charge is 0.478 e. The fraction of sp³-hybridized carbons (Fsp3) is 0.625. The summed E-state index contributed by atoms with van der Waals surface area (Å²) in [6.07, 6.45) is 17.0. The highest BCUT2D eigenvalue weighted by molar-refractivity contribution is 5.79. The number of aliphatic carboxylic acids is 1. The van der Waals surface area contributed by atoms with Crippen molar-refractivity contribution in [2.45, 2.75) is 70.6 Å². The SMILES string of the molecule is O=C(O)/C=C/C[C@H]1CC[C@H]([C@H]2CC[C@H](CCc3ccc(F)cc3)CC2)CC1. The van der Waals surface area contributed by atoms with Gasteiger partial charge in [-0.05, 0) is 99.2 Å². The molecule has 2 saturated carbocycles. The van der Waals surface area contributed by atoms with E-state index in [0.29, 0.717) is 5.92 Å². The molecule has 0 unspecified atom stereocenters. The Balaban J connectivity index is 1.33. The van der Waals surface area contributed by atoms with Crippen LogP contribution in [-0.2, 0) is 11.2 Å². The molecule has 0 atom stereocenters. The second kappa shape index (κ2) is 10.1. The lowest BCUT2D eigenvalue weighted by Crippen LogP contribution is -2.26. The van der Waals surface area contributed by atoms with Crippen molar-refractivity contribution in [2.24, 2.45) is 23.7 Å². The minimum absolute atomic E-state index is 0.146. The molecule has 3 rings (SSSR count). The van der Waals surface area contributed by atoms with Crippen molar-refractivity contribution in [1.29, 1.82) is 0 Å². The van der Waals surface area contributed by atoms with Crippen molar-refractivity contribution in [3.8, 4) is 0 Å². The van der Waals surface area contributed by atoms with Gasteiger partial charge in [0.05, 0.1) is 0 Å². The van der Waals surface area contributed by atoms with Gasteiger partial charge in [-0.1, -0.05) is 31.1 Å². The van der Waals surface area contributed by atoms with E-state index in [2.05, 4.69) is 0 Å². The van der Waals surface area contributed by atoms with Crippen LogP contribution in [0.15, 0.2) is 36.4 Å². The highest BCUT2D eigenvalue weighted by Gasteiger charge is 2.30. The number of carboxylic acid groups (broad SMARTS) is 1. The summed E-state index contributed by atoms with van der Waals surface area (Å²) in [5.74, 6) is 2.34. The molecule has 2 aliphatic rings. The van der Waals surface area contributed by atoms with E-state index in [1.807, 2.05) is 18.2 Å². The van der Waals surface area contributed by atoms with Gasteiger partial charge in [-0.25, -0.2) is 9.18 Å². The Morgan fingerprint density at radius 2 is 1.48 bits per heavy atom. The molecule has 0 saturated heterocycles. The van der Waals surface area contributed by atoms with Crippen molar-refractivity contribution in [2.75, 3.05) is 0 Å². The summed E-state index contributed by atoms with van der Waals surface area (Å²) >= 11 is 0. The third kappa shape index (κ3) is 6.48. The molecule has 0 aliphatic heterocycles. The van der Waals surface area contributed by atoms with Crippen molar-refractivity contribution in [1.82, 2.24) is 0 Å². The van der Waals surface area contributed by atoms with Crippen molar-refractivity contribution in [3.63, 3.8) is 0 Å². The molecule has 1 N–H and O–H groups in total. The minimum atomic E-state index is -0.833. The average molecular weight is 373 g/mol. The van der Waals surface area contributed by atoms with Crippen LogP contribution in [0.3, 0.4) is 0 Å². The van der Waals surface area contributed by atoms with Crippen LogP contribution in [0.2, 0.25) is 0 Å². The van der Waals surface area contributed by atoms with E-state index in [1.165, 1.54) is 69.4 Å². The number of hydrogen-bond acceptors (Lipinski definition) is 1. The van der Waals surface area contributed by atoms with Crippen LogP contribution in [0.1, 0.15) is 69.8 Å². The van der Waals surface area contributed by atoms with Gasteiger partial charge in [-0.2, -0.15) is 0 Å². The molecule has 0 amide bonds. The quantitative estimate of drug-likeness (QED) is 0.562. The third-order valence-corrected chi connectivity index (χ3v) is 6.93. The van der Waals surface area contributed by atoms with E-state index in [9.17, 15) is 9.18 Å². The number of rotatable bonds is 7. The lowest BCUT2D eigenvalue weighted by molar-refractivity contribution is -0.131. The van der Waals surface area contributed by atoms with E-state index in [-0.39, 0.29) is 5.82 Å². The van der Waals surface area contributed by atoms with Crippen LogP contribution in [0, 0.1) is 29.5 Å². The zero-order valence-electron chi connectivity index (χ0n) is 16.3. The molecule has 0 spiro atoms. The molecule has 27 heavy (non-hydrogen) atoms. The first-order valence-electron chi connectivity index (χ1n) is 10.7. The summed E-state index contributed by atoms with van der Waals surface area (Å²) in [6, 6.07) is 6.98. The Morgan fingerprint density at radius 1 is 0.926 bits per heavy atom. The molecule has 3 heteroatoms. The van der Waals surface area contributed by atoms with Crippen molar-refractivity contribution >= 4 is 5.97 Å². The summed E-state index contributed by atoms with van der Waals surface area (Å²) < 4.78 is 13.0. The predicted molar refractivity (Wildman–Crippen MR) is 107 cm³/mol. The van der Waals surface area contributed by atoms with Crippen LogP contribution in [0.25, 0.3) is 0 Å². The lowest BCUT2D eigenvalue weighted by Gasteiger charge is -2.37. The molecule has 0 bridgehead atoms. The fourth-order valence-corrected chi connectivity index (χ4v) is 5.23. The Hall–Kier alpha value is -1.64. The number of benzene rings is 1. The Morgan fingerprint density at radius 3 is 2.04 bits per heavy atom. The second-order valence-corrected chi connectivity index (χ2v) is 8.70. The molecule has 1 aromatic rings. The van der Waals surface area contributed by atoms with E-state index < -0.39 is 5.97 Å². The predicted octanol–water partition coefficient (Wildman–Crippen LogP) is 6.40. The number of hydrogen-bond donors (Lipinski definition) is 1. The number of carboxylic acids is 1. The number of carbonyl (C=O) groups is 1. The topological polar surface area (TPSA) is 37.3 Å². The van der Waals surface area contributed by atoms with Gasteiger partial charge < -0.3 is 5.11 Å². The summed E-state index contributed by atoms with van der Waals surface area (Å²) in [6.45, 7) is 0. The first kappa shape index (κ1) is 20.1. The van der Waals surface area contributed by atoms with Crippen LogP contribution in [0.4, 0.5) is 4.39 Å². The van der Waals surface area contributed by atoms with Gasteiger partial charge in [0.2, 0.25) is 0 Å². The minimum Gasteiger partial charge on any atom is -0.478 e. The molecule has 0 aromatic heterocycles. The van der Waals surface area contributed by atoms with Crippen LogP contribution in [0.5, 0.6) is 0 Å². The normalized spacial score (nSPS) is 29.1. The number of aryl methyl sites for hydroxylation is 1. The molecular formula is C24H33FO2. The standard InChI is InChI=1S/C24H33FO2/c25-23-16-10-20(11-17-23)5-4-19-8-14-22(15-9-19)21-12-6-18(7-13-21)2-1-3-24(26)27/h1,3,10-11,16-19,21-22H,2,4-9,12-15H2,(H,26,27)/b3-1+/t18-,19-,21-,22-. The molecular weight excluding hydrogens is 339 g/mol. The van der Waals surface area contributed by atoms with E-state index in [1.54, 1.807) is 12.1 Å². The zero-order valence-corrected chi connectivity index (χ0v) is 16.3. The Bertz CT molecular complexity index is 606.